The van der Waals surface area contributed by atoms with Crippen LogP contribution in [0.4, 0.5) is 0 Å². The van der Waals surface area contributed by atoms with Gasteiger partial charge in [-0.05, 0) is 12.5 Å². The van der Waals surface area contributed by atoms with Gasteiger partial charge in [0.2, 0.25) is 0 Å². The zero-order valence-electron chi connectivity index (χ0n) is 11.2. The van der Waals surface area contributed by atoms with Gasteiger partial charge in [0.1, 0.15) is 12.1 Å². The molecule has 5 heteroatoms. The van der Waals surface area contributed by atoms with Gasteiger partial charge in [-0.25, -0.2) is 5.43 Å². The maximum absolute atomic E-state index is 12.1. The normalized spacial score (nSPS) is 28.4. The number of fused-ring (bicyclic) bond motifs is 1. The van der Waals surface area contributed by atoms with Crippen molar-refractivity contribution in [3.8, 4) is 6.07 Å². The summed E-state index contributed by atoms with van der Waals surface area (Å²) in [7, 11) is 0. The Morgan fingerprint density at radius 2 is 2.10 bits per heavy atom. The van der Waals surface area contributed by atoms with Gasteiger partial charge in [-0.15, -0.1) is 0 Å². The Hall–Kier alpha value is -2.32. The van der Waals surface area contributed by atoms with Crippen molar-refractivity contribution in [3.05, 3.63) is 47.7 Å². The van der Waals surface area contributed by atoms with Crippen molar-refractivity contribution in [1.82, 2.24) is 15.8 Å². The highest BCUT2D eigenvalue weighted by Gasteiger charge is 2.43. The molecular formula is C15H16N4O. The monoisotopic (exact) mass is 268 g/mol. The van der Waals surface area contributed by atoms with Crippen molar-refractivity contribution < 1.29 is 4.79 Å². The van der Waals surface area contributed by atoms with Crippen molar-refractivity contribution in [1.29, 1.82) is 5.26 Å². The van der Waals surface area contributed by atoms with Crippen LogP contribution in [0.2, 0.25) is 0 Å². The van der Waals surface area contributed by atoms with Crippen molar-refractivity contribution in [2.75, 3.05) is 0 Å². The summed E-state index contributed by atoms with van der Waals surface area (Å²) in [6.45, 7) is 1.91. The predicted molar refractivity (Wildman–Crippen MR) is 73.7 cm³/mol. The first-order valence-electron chi connectivity index (χ1n) is 6.69. The molecule has 1 saturated heterocycles. The second-order valence-electron chi connectivity index (χ2n) is 5.20. The molecule has 1 amide bonds. The maximum Gasteiger partial charge on any atom is 0.264 e. The highest BCUT2D eigenvalue weighted by molar-refractivity contribution is 5.89. The molecule has 3 rings (SSSR count). The summed E-state index contributed by atoms with van der Waals surface area (Å²) in [4.78, 5) is 12.1. The number of hydrogen-bond acceptors (Lipinski definition) is 4. The standard InChI is InChI=1S/C15H16N4O/c1-10-13(9-16)15-17-12(8-14(20)19(15)18-10)7-11-5-3-2-4-6-11/h2-6,8,10,13,15,17-18H,7H2,1H3. The molecular weight excluding hydrogens is 252 g/mol. The first-order valence-corrected chi connectivity index (χ1v) is 6.69. The molecule has 102 valence electrons. The van der Waals surface area contributed by atoms with E-state index in [1.807, 2.05) is 37.3 Å². The number of allylic oxidation sites excluding steroid dienone is 1. The summed E-state index contributed by atoms with van der Waals surface area (Å²) in [6, 6.07) is 12.2. The van der Waals surface area contributed by atoms with Gasteiger partial charge < -0.3 is 5.32 Å². The van der Waals surface area contributed by atoms with Gasteiger partial charge in [-0.1, -0.05) is 30.3 Å². The van der Waals surface area contributed by atoms with Crippen LogP contribution in [-0.2, 0) is 11.2 Å². The topological polar surface area (TPSA) is 68.2 Å². The molecule has 2 aliphatic rings. The summed E-state index contributed by atoms with van der Waals surface area (Å²) < 4.78 is 0. The van der Waals surface area contributed by atoms with E-state index in [0.29, 0.717) is 6.42 Å². The summed E-state index contributed by atoms with van der Waals surface area (Å²) in [5.41, 5.74) is 5.04. The van der Waals surface area contributed by atoms with Crippen molar-refractivity contribution in [3.63, 3.8) is 0 Å². The molecule has 1 aromatic carbocycles. The molecule has 2 heterocycles. The van der Waals surface area contributed by atoms with Crippen LogP contribution in [0.25, 0.3) is 0 Å². The number of carbonyl (C=O) groups excluding carboxylic acids is 1. The van der Waals surface area contributed by atoms with Crippen LogP contribution >= 0.6 is 0 Å². The Labute approximate surface area is 117 Å². The predicted octanol–water partition coefficient (Wildman–Crippen LogP) is 0.917. The lowest BCUT2D eigenvalue weighted by Crippen LogP contribution is -2.53. The number of carbonyl (C=O) groups is 1. The summed E-state index contributed by atoms with van der Waals surface area (Å²) in [5.74, 6) is -0.345. The van der Waals surface area contributed by atoms with E-state index in [9.17, 15) is 10.1 Å². The van der Waals surface area contributed by atoms with Gasteiger partial charge in [0.05, 0.1) is 6.07 Å². The van der Waals surface area contributed by atoms with Crippen molar-refractivity contribution in [2.24, 2.45) is 5.92 Å². The molecule has 5 nitrogen and oxygen atoms in total. The third-order valence-electron chi connectivity index (χ3n) is 3.75. The van der Waals surface area contributed by atoms with E-state index in [4.69, 9.17) is 0 Å². The summed E-state index contributed by atoms with van der Waals surface area (Å²) in [5, 5.41) is 14.1. The van der Waals surface area contributed by atoms with E-state index >= 15 is 0 Å². The quantitative estimate of drug-likeness (QED) is 0.837. The molecule has 0 aromatic heterocycles. The summed E-state index contributed by atoms with van der Waals surface area (Å²) in [6.07, 6.45) is 1.98. The Balaban J connectivity index is 1.81. The molecule has 0 spiro atoms. The number of amides is 1. The van der Waals surface area contributed by atoms with Crippen LogP contribution < -0.4 is 10.7 Å². The molecule has 0 bridgehead atoms. The third-order valence-corrected chi connectivity index (χ3v) is 3.75. The molecule has 20 heavy (non-hydrogen) atoms. The second kappa shape index (κ2) is 4.99. The number of hydrogen-bond donors (Lipinski definition) is 2. The fraction of sp³-hybridized carbons (Fsp3) is 0.333. The Morgan fingerprint density at radius 3 is 2.80 bits per heavy atom. The molecule has 2 N–H and O–H groups in total. The van der Waals surface area contributed by atoms with E-state index in [2.05, 4.69) is 16.8 Å². The highest BCUT2D eigenvalue weighted by atomic mass is 16.2. The van der Waals surface area contributed by atoms with Crippen LogP contribution in [0.1, 0.15) is 12.5 Å². The molecule has 0 aliphatic carbocycles. The lowest BCUT2D eigenvalue weighted by Gasteiger charge is -2.31. The first-order chi connectivity index (χ1) is 9.69. The molecule has 3 unspecified atom stereocenters. The fourth-order valence-electron chi connectivity index (χ4n) is 2.72. The van der Waals surface area contributed by atoms with Gasteiger partial charge in [0.15, 0.2) is 0 Å². The molecule has 1 fully saturated rings. The lowest BCUT2D eigenvalue weighted by molar-refractivity contribution is -0.131. The second-order valence-corrected chi connectivity index (χ2v) is 5.20. The minimum Gasteiger partial charge on any atom is -0.366 e. The Kier molecular flexibility index (Phi) is 3.17. The number of nitriles is 1. The molecule has 0 radical (unpaired) electrons. The SMILES string of the molecule is CC1NN2C(=O)C=C(Cc3ccccc3)NC2C1C#N. The van der Waals surface area contributed by atoms with E-state index in [-0.39, 0.29) is 24.0 Å². The zero-order chi connectivity index (χ0) is 14.1. The average molecular weight is 268 g/mol. The average Bonchev–Trinajstić information content (AvgIpc) is 2.76. The van der Waals surface area contributed by atoms with E-state index in [1.165, 1.54) is 5.01 Å². The Morgan fingerprint density at radius 1 is 1.35 bits per heavy atom. The van der Waals surface area contributed by atoms with E-state index < -0.39 is 0 Å². The van der Waals surface area contributed by atoms with Gasteiger partial charge in [-0.3, -0.25) is 9.80 Å². The van der Waals surface area contributed by atoms with Gasteiger partial charge in [0, 0.05) is 24.2 Å². The minimum atomic E-state index is -0.286. The number of benzene rings is 1. The molecule has 1 aromatic rings. The highest BCUT2D eigenvalue weighted by Crippen LogP contribution is 2.24. The van der Waals surface area contributed by atoms with Crippen LogP contribution in [0.3, 0.4) is 0 Å². The van der Waals surface area contributed by atoms with Crippen molar-refractivity contribution in [2.45, 2.75) is 25.6 Å². The number of nitrogens with one attached hydrogen (secondary N) is 2. The molecule has 3 atom stereocenters. The summed E-state index contributed by atoms with van der Waals surface area (Å²) >= 11 is 0. The maximum atomic E-state index is 12.1. The van der Waals surface area contributed by atoms with E-state index in [1.54, 1.807) is 6.08 Å². The van der Waals surface area contributed by atoms with Gasteiger partial charge in [0.25, 0.3) is 5.91 Å². The van der Waals surface area contributed by atoms with E-state index in [0.717, 1.165) is 11.3 Å². The van der Waals surface area contributed by atoms with Crippen LogP contribution in [0.5, 0.6) is 0 Å². The number of hydrazine groups is 1. The fourth-order valence-corrected chi connectivity index (χ4v) is 2.72. The van der Waals surface area contributed by atoms with Crippen LogP contribution in [0, 0.1) is 17.2 Å². The molecule has 0 saturated carbocycles. The first kappa shape index (κ1) is 12.7. The van der Waals surface area contributed by atoms with Crippen molar-refractivity contribution >= 4 is 5.91 Å². The lowest BCUT2D eigenvalue weighted by atomic mass is 10.00. The zero-order valence-corrected chi connectivity index (χ0v) is 11.2. The largest absolute Gasteiger partial charge is 0.366 e. The van der Waals surface area contributed by atoms with Gasteiger partial charge in [-0.2, -0.15) is 5.26 Å². The molecule has 2 aliphatic heterocycles. The third kappa shape index (κ3) is 2.15. The minimum absolute atomic E-state index is 0.0362. The number of nitrogens with zero attached hydrogens (tertiary/aromatic N) is 2. The van der Waals surface area contributed by atoms with Crippen LogP contribution in [-0.4, -0.2) is 23.1 Å². The number of rotatable bonds is 2. The van der Waals surface area contributed by atoms with Gasteiger partial charge >= 0.3 is 0 Å². The Bertz CT molecular complexity index is 590. The smallest absolute Gasteiger partial charge is 0.264 e. The van der Waals surface area contributed by atoms with Crippen LogP contribution in [0.15, 0.2) is 42.1 Å².